The van der Waals surface area contributed by atoms with Gasteiger partial charge < -0.3 is 8.38 Å². The molecule has 0 bridgehead atoms. The highest BCUT2D eigenvalue weighted by Gasteiger charge is 2.07. The van der Waals surface area contributed by atoms with E-state index in [9.17, 15) is 0 Å². The minimum absolute atomic E-state index is 0.848. The van der Waals surface area contributed by atoms with Crippen LogP contribution in [-0.4, -0.2) is 44.2 Å². The second-order valence-corrected chi connectivity index (χ2v) is 3.03. The van der Waals surface area contributed by atoms with Gasteiger partial charge >= 0.3 is 0 Å². The molecular weight excluding hydrogens is 243 g/mol. The molecule has 0 amide bonds. The van der Waals surface area contributed by atoms with Gasteiger partial charge in [-0.1, -0.05) is 0 Å². The van der Waals surface area contributed by atoms with Crippen LogP contribution < -0.4 is 5.32 Å². The average molecular weight is 256 g/mol. The molecule has 1 heterocycles. The van der Waals surface area contributed by atoms with Crippen LogP contribution in [0.1, 0.15) is 0 Å². The lowest BCUT2D eigenvalue weighted by molar-refractivity contribution is 0.213. The van der Waals surface area contributed by atoms with Crippen LogP contribution in [0.3, 0.4) is 0 Å². The maximum atomic E-state index is 4.95. The highest BCUT2D eigenvalue weighted by Crippen LogP contribution is 1.93. The average Bonchev–Trinajstić information content (AvgIpc) is 2.03. The number of piperazine rings is 1. The van der Waals surface area contributed by atoms with Gasteiger partial charge in [0.1, 0.15) is 23.0 Å². The minimum atomic E-state index is 0.848. The van der Waals surface area contributed by atoms with E-state index in [0.29, 0.717) is 0 Å². The Balaban J connectivity index is 2.02. The van der Waals surface area contributed by atoms with Crippen LogP contribution >= 0.6 is 23.0 Å². The van der Waals surface area contributed by atoms with Crippen LogP contribution in [0.25, 0.3) is 0 Å². The molecule has 0 saturated carbocycles. The largest absolute Gasteiger partial charge is 0.314 e. The van der Waals surface area contributed by atoms with Crippen LogP contribution in [0, 0.1) is 0 Å². The van der Waals surface area contributed by atoms with Crippen molar-refractivity contribution in [1.82, 2.24) is 10.2 Å². The Kier molecular flexibility index (Phi) is 4.60. The molecule has 0 aromatic rings. The van der Waals surface area contributed by atoms with E-state index in [-0.39, 0.29) is 0 Å². The van der Waals surface area contributed by atoms with E-state index in [1.807, 2.05) is 23.0 Å². The molecule has 0 spiro atoms. The van der Waals surface area contributed by atoms with Gasteiger partial charge in [0.05, 0.1) is 6.61 Å². The van der Waals surface area contributed by atoms with Gasteiger partial charge in [0.25, 0.3) is 0 Å². The first kappa shape index (κ1) is 8.70. The monoisotopic (exact) mass is 256 g/mol. The zero-order valence-corrected chi connectivity index (χ0v) is 8.13. The molecule has 0 radical (unpaired) electrons. The fourth-order valence-corrected chi connectivity index (χ4v) is 1.30. The molecule has 0 aromatic heterocycles. The van der Waals surface area contributed by atoms with Gasteiger partial charge in [-0.2, -0.15) is 0 Å². The Morgan fingerprint density at radius 3 is 2.70 bits per heavy atom. The number of nitrogens with one attached hydrogen (secondary N) is 1. The quantitative estimate of drug-likeness (QED) is 0.733. The summed E-state index contributed by atoms with van der Waals surface area (Å²) in [5.41, 5.74) is 0. The molecule has 0 unspecified atom stereocenters. The summed E-state index contributed by atoms with van der Waals surface area (Å²) >= 11 is 1.94. The molecule has 1 rings (SSSR count). The van der Waals surface area contributed by atoms with Crippen LogP contribution in [-0.2, 0) is 3.07 Å². The summed E-state index contributed by atoms with van der Waals surface area (Å²) in [5, 5.41) is 3.31. The molecule has 1 aliphatic heterocycles. The Hall–Kier alpha value is 0.610. The summed E-state index contributed by atoms with van der Waals surface area (Å²) in [7, 11) is 0. The summed E-state index contributed by atoms with van der Waals surface area (Å²) < 4.78 is 4.95. The maximum absolute atomic E-state index is 4.95. The van der Waals surface area contributed by atoms with E-state index in [1.165, 1.54) is 13.1 Å². The number of halogens is 1. The van der Waals surface area contributed by atoms with Crippen molar-refractivity contribution < 1.29 is 3.07 Å². The van der Waals surface area contributed by atoms with Gasteiger partial charge in [0.2, 0.25) is 0 Å². The number of nitrogens with zero attached hydrogens (tertiary/aromatic N) is 1. The van der Waals surface area contributed by atoms with Gasteiger partial charge in [0.15, 0.2) is 0 Å². The first-order chi connectivity index (χ1) is 4.93. The van der Waals surface area contributed by atoms with Gasteiger partial charge in [0, 0.05) is 32.7 Å². The zero-order valence-electron chi connectivity index (χ0n) is 5.98. The third kappa shape index (κ3) is 3.14. The molecule has 0 atom stereocenters. The lowest BCUT2D eigenvalue weighted by Crippen LogP contribution is -2.44. The van der Waals surface area contributed by atoms with Crippen molar-refractivity contribution >= 4 is 23.0 Å². The third-order valence-electron chi connectivity index (χ3n) is 1.69. The van der Waals surface area contributed by atoms with Crippen LogP contribution in [0.5, 0.6) is 0 Å². The second-order valence-electron chi connectivity index (χ2n) is 2.40. The third-order valence-corrected chi connectivity index (χ3v) is 2.13. The highest BCUT2D eigenvalue weighted by molar-refractivity contribution is 14.1. The van der Waals surface area contributed by atoms with Crippen molar-refractivity contribution in [1.29, 1.82) is 0 Å². The summed E-state index contributed by atoms with van der Waals surface area (Å²) in [6, 6.07) is 0. The highest BCUT2D eigenvalue weighted by atomic mass is 127. The normalized spacial score (nSPS) is 21.3. The van der Waals surface area contributed by atoms with E-state index in [1.54, 1.807) is 0 Å². The van der Waals surface area contributed by atoms with Crippen molar-refractivity contribution in [3.05, 3.63) is 0 Å². The molecule has 1 saturated heterocycles. The molecule has 10 heavy (non-hydrogen) atoms. The van der Waals surface area contributed by atoms with E-state index in [2.05, 4.69) is 10.2 Å². The van der Waals surface area contributed by atoms with Crippen molar-refractivity contribution in [2.24, 2.45) is 0 Å². The maximum Gasteiger partial charge on any atom is 0.109 e. The molecule has 1 fully saturated rings. The standard InChI is InChI=1S/C6H13IN2O/c7-10-6-5-9-3-1-8-2-4-9/h8H,1-6H2. The SMILES string of the molecule is IOCCN1CCNCC1. The van der Waals surface area contributed by atoms with Gasteiger partial charge in [-0.15, -0.1) is 0 Å². The summed E-state index contributed by atoms with van der Waals surface area (Å²) in [6.07, 6.45) is 0. The topological polar surface area (TPSA) is 24.5 Å². The predicted octanol–water partition coefficient (Wildman–Crippen LogP) is 0.258. The molecule has 1 aliphatic rings. The second kappa shape index (κ2) is 5.29. The van der Waals surface area contributed by atoms with E-state index < -0.39 is 0 Å². The molecule has 0 aromatic carbocycles. The Morgan fingerprint density at radius 1 is 1.40 bits per heavy atom. The molecule has 1 N–H and O–H groups in total. The Bertz CT molecular complexity index is 85.8. The lowest BCUT2D eigenvalue weighted by atomic mass is 10.4. The summed E-state index contributed by atoms with van der Waals surface area (Å²) in [4.78, 5) is 2.41. The van der Waals surface area contributed by atoms with Crippen molar-refractivity contribution in [2.45, 2.75) is 0 Å². The van der Waals surface area contributed by atoms with Crippen molar-refractivity contribution in [3.63, 3.8) is 0 Å². The molecule has 3 nitrogen and oxygen atoms in total. The Morgan fingerprint density at radius 2 is 2.10 bits per heavy atom. The van der Waals surface area contributed by atoms with Gasteiger partial charge in [-0.3, -0.25) is 4.90 Å². The van der Waals surface area contributed by atoms with E-state index >= 15 is 0 Å². The smallest absolute Gasteiger partial charge is 0.109 e. The van der Waals surface area contributed by atoms with Crippen LogP contribution in [0.15, 0.2) is 0 Å². The first-order valence-corrected chi connectivity index (χ1v) is 4.48. The van der Waals surface area contributed by atoms with Gasteiger partial charge in [-0.05, 0) is 0 Å². The minimum Gasteiger partial charge on any atom is -0.314 e. The van der Waals surface area contributed by atoms with Crippen LogP contribution in [0.4, 0.5) is 0 Å². The fourth-order valence-electron chi connectivity index (χ4n) is 1.10. The van der Waals surface area contributed by atoms with Crippen molar-refractivity contribution in [3.8, 4) is 0 Å². The molecule has 60 valence electrons. The van der Waals surface area contributed by atoms with E-state index in [0.717, 1.165) is 26.2 Å². The van der Waals surface area contributed by atoms with Crippen LogP contribution in [0.2, 0.25) is 0 Å². The van der Waals surface area contributed by atoms with Gasteiger partial charge in [-0.25, -0.2) is 0 Å². The predicted molar refractivity (Wildman–Crippen MR) is 49.3 cm³/mol. The number of hydrogen-bond donors (Lipinski definition) is 1. The number of rotatable bonds is 3. The molecular formula is C6H13IN2O. The number of hydrogen-bond acceptors (Lipinski definition) is 3. The van der Waals surface area contributed by atoms with E-state index in [4.69, 9.17) is 3.07 Å². The zero-order chi connectivity index (χ0) is 7.23. The first-order valence-electron chi connectivity index (χ1n) is 3.60. The molecule has 4 heteroatoms. The molecule has 0 aliphatic carbocycles. The lowest BCUT2D eigenvalue weighted by Gasteiger charge is -2.26. The Labute approximate surface area is 75.8 Å². The summed E-state index contributed by atoms with van der Waals surface area (Å²) in [6.45, 7) is 6.51. The van der Waals surface area contributed by atoms with Crippen molar-refractivity contribution in [2.75, 3.05) is 39.3 Å². The summed E-state index contributed by atoms with van der Waals surface area (Å²) in [5.74, 6) is 0. The fraction of sp³-hybridized carbons (Fsp3) is 1.00.